The van der Waals surface area contributed by atoms with Gasteiger partial charge in [-0.1, -0.05) is 23.7 Å². The minimum atomic E-state index is -0.427. The van der Waals surface area contributed by atoms with Crippen molar-refractivity contribution < 1.29 is 4.79 Å². The fraction of sp³-hybridized carbons (Fsp3) is 0. The largest absolute Gasteiger partial charge is 0.320 e. The summed E-state index contributed by atoms with van der Waals surface area (Å²) in [6, 6.07) is 10.5. The summed E-state index contributed by atoms with van der Waals surface area (Å²) >= 11 is 6.04. The van der Waals surface area contributed by atoms with Crippen molar-refractivity contribution in [1.82, 2.24) is 15.0 Å². The van der Waals surface area contributed by atoms with Gasteiger partial charge in [-0.3, -0.25) is 9.78 Å². The van der Waals surface area contributed by atoms with E-state index in [1.54, 1.807) is 30.5 Å². The molecular formula is C15H10ClN4O. The minimum absolute atomic E-state index is 0.0649. The van der Waals surface area contributed by atoms with E-state index >= 15 is 0 Å². The Hall–Kier alpha value is -2.53. The van der Waals surface area contributed by atoms with E-state index in [1.165, 1.54) is 0 Å². The van der Waals surface area contributed by atoms with Gasteiger partial charge in [0.05, 0.1) is 11.0 Å². The van der Waals surface area contributed by atoms with Gasteiger partial charge in [0, 0.05) is 17.6 Å². The molecule has 103 valence electrons. The first-order chi connectivity index (χ1) is 10.1. The highest BCUT2D eigenvalue weighted by molar-refractivity contribution is 6.33. The van der Waals surface area contributed by atoms with Crippen LogP contribution in [0.5, 0.6) is 0 Å². The van der Waals surface area contributed by atoms with E-state index in [4.69, 9.17) is 11.6 Å². The van der Waals surface area contributed by atoms with E-state index in [0.717, 1.165) is 0 Å². The van der Waals surface area contributed by atoms with Crippen LogP contribution in [0.25, 0.3) is 11.0 Å². The smallest absolute Gasteiger partial charge is 0.277 e. The van der Waals surface area contributed by atoms with Crippen molar-refractivity contribution in [3.63, 3.8) is 0 Å². The van der Waals surface area contributed by atoms with Gasteiger partial charge >= 0.3 is 0 Å². The Labute approximate surface area is 126 Å². The first-order valence-corrected chi connectivity index (χ1v) is 6.53. The Bertz CT molecular complexity index is 835. The number of benzene rings is 1. The molecule has 0 aliphatic rings. The first-order valence-electron chi connectivity index (χ1n) is 6.15. The number of carbonyl (C=O) groups excluding carboxylic acids is 1. The molecule has 3 aromatic rings. The van der Waals surface area contributed by atoms with Crippen LogP contribution in [0.3, 0.4) is 0 Å². The summed E-state index contributed by atoms with van der Waals surface area (Å²) in [5, 5.41) is 2.76. The van der Waals surface area contributed by atoms with Gasteiger partial charge in [0.2, 0.25) is 0 Å². The number of para-hydroxylation sites is 2. The Kier molecular flexibility index (Phi) is 3.50. The van der Waals surface area contributed by atoms with Crippen molar-refractivity contribution in [3.05, 3.63) is 66.1 Å². The molecule has 21 heavy (non-hydrogen) atoms. The van der Waals surface area contributed by atoms with E-state index in [-0.39, 0.29) is 10.8 Å². The Morgan fingerprint density at radius 1 is 1.14 bits per heavy atom. The molecule has 0 saturated heterocycles. The number of nitrogens with one attached hydrogen (secondary N) is 1. The van der Waals surface area contributed by atoms with Crippen LogP contribution >= 0.6 is 11.6 Å². The van der Waals surface area contributed by atoms with E-state index in [1.807, 2.05) is 12.1 Å². The van der Waals surface area contributed by atoms with Crippen molar-refractivity contribution in [2.75, 3.05) is 5.32 Å². The van der Waals surface area contributed by atoms with Crippen molar-refractivity contribution in [3.8, 4) is 0 Å². The number of halogens is 1. The average molecular weight is 298 g/mol. The van der Waals surface area contributed by atoms with Crippen molar-refractivity contribution >= 4 is 34.2 Å². The molecule has 0 bridgehead atoms. The number of hydrogen-bond donors (Lipinski definition) is 1. The molecule has 0 unspecified atom stereocenters. The molecule has 0 aliphatic carbocycles. The van der Waals surface area contributed by atoms with Crippen molar-refractivity contribution in [1.29, 1.82) is 0 Å². The van der Waals surface area contributed by atoms with E-state index < -0.39 is 5.91 Å². The molecule has 0 spiro atoms. The van der Waals surface area contributed by atoms with Crippen LogP contribution in [0, 0.1) is 6.92 Å². The lowest BCUT2D eigenvalue weighted by atomic mass is 10.3. The lowest BCUT2D eigenvalue weighted by molar-refractivity contribution is 0.102. The van der Waals surface area contributed by atoms with Gasteiger partial charge in [0.1, 0.15) is 0 Å². The molecule has 5 nitrogen and oxygen atoms in total. The molecule has 6 heteroatoms. The zero-order chi connectivity index (χ0) is 14.8. The van der Waals surface area contributed by atoms with Crippen molar-refractivity contribution in [2.45, 2.75) is 0 Å². The molecule has 2 heterocycles. The SMILES string of the molecule is [CH2]c1cc(NC(=O)c2nc3ccccc3nc2Cl)ccn1. The first kappa shape index (κ1) is 13.5. The summed E-state index contributed by atoms with van der Waals surface area (Å²) in [6.07, 6.45) is 1.56. The number of nitrogens with zero attached hydrogens (tertiary/aromatic N) is 3. The number of hydrogen-bond acceptors (Lipinski definition) is 4. The highest BCUT2D eigenvalue weighted by Gasteiger charge is 2.15. The van der Waals surface area contributed by atoms with E-state index in [2.05, 4.69) is 27.2 Å². The van der Waals surface area contributed by atoms with Gasteiger partial charge in [-0.05, 0) is 31.2 Å². The van der Waals surface area contributed by atoms with Gasteiger partial charge in [0.25, 0.3) is 5.91 Å². The number of fused-ring (bicyclic) bond motifs is 1. The summed E-state index contributed by atoms with van der Waals surface area (Å²) in [7, 11) is 0. The summed E-state index contributed by atoms with van der Waals surface area (Å²) < 4.78 is 0. The fourth-order valence-corrected chi connectivity index (χ4v) is 2.09. The topological polar surface area (TPSA) is 67.8 Å². The Morgan fingerprint density at radius 2 is 1.86 bits per heavy atom. The summed E-state index contributed by atoms with van der Waals surface area (Å²) in [4.78, 5) is 24.6. The van der Waals surface area contributed by atoms with Crippen LogP contribution in [-0.4, -0.2) is 20.9 Å². The molecule has 1 radical (unpaired) electrons. The Morgan fingerprint density at radius 3 is 2.57 bits per heavy atom. The maximum atomic E-state index is 12.3. The second kappa shape index (κ2) is 5.46. The predicted molar refractivity (Wildman–Crippen MR) is 81.2 cm³/mol. The minimum Gasteiger partial charge on any atom is -0.320 e. The maximum absolute atomic E-state index is 12.3. The molecule has 0 saturated carbocycles. The molecule has 0 atom stereocenters. The Balaban J connectivity index is 1.96. The van der Waals surface area contributed by atoms with Crippen LogP contribution in [0.15, 0.2) is 42.6 Å². The highest BCUT2D eigenvalue weighted by atomic mass is 35.5. The predicted octanol–water partition coefficient (Wildman–Crippen LogP) is 3.11. The van der Waals surface area contributed by atoms with Gasteiger partial charge in [-0.25, -0.2) is 9.97 Å². The lowest BCUT2D eigenvalue weighted by Crippen LogP contribution is -2.15. The third-order valence-corrected chi connectivity index (χ3v) is 3.08. The van der Waals surface area contributed by atoms with Gasteiger partial charge in [-0.2, -0.15) is 0 Å². The summed E-state index contributed by atoms with van der Waals surface area (Å²) in [6.45, 7) is 3.70. The van der Waals surface area contributed by atoms with E-state index in [0.29, 0.717) is 22.4 Å². The molecule has 0 fully saturated rings. The normalized spacial score (nSPS) is 10.6. The number of amides is 1. The number of pyridine rings is 1. The summed E-state index contributed by atoms with van der Waals surface area (Å²) in [5.74, 6) is -0.427. The van der Waals surface area contributed by atoms with E-state index in [9.17, 15) is 4.79 Å². The van der Waals surface area contributed by atoms with Crippen LogP contribution in [0.4, 0.5) is 5.69 Å². The number of rotatable bonds is 2. The van der Waals surface area contributed by atoms with Crippen LogP contribution in [0.1, 0.15) is 16.2 Å². The molecule has 1 amide bonds. The average Bonchev–Trinajstić information content (AvgIpc) is 2.46. The molecule has 3 rings (SSSR count). The second-order valence-electron chi connectivity index (χ2n) is 4.34. The zero-order valence-electron chi connectivity index (χ0n) is 10.9. The number of aromatic nitrogens is 3. The lowest BCUT2D eigenvalue weighted by Gasteiger charge is -2.07. The van der Waals surface area contributed by atoms with Crippen molar-refractivity contribution in [2.24, 2.45) is 0 Å². The standard InChI is InChI=1S/C15H10ClN4O/c1-9-8-10(6-7-17-9)18-15(21)13-14(16)20-12-5-3-2-4-11(12)19-13/h2-8H,1H2,(H,17,18,21). The molecule has 1 N–H and O–H groups in total. The zero-order valence-corrected chi connectivity index (χ0v) is 11.6. The molecule has 0 aliphatic heterocycles. The molecule has 2 aromatic heterocycles. The van der Waals surface area contributed by atoms with Crippen LogP contribution in [0.2, 0.25) is 5.15 Å². The third kappa shape index (κ3) is 2.83. The third-order valence-electron chi connectivity index (χ3n) is 2.82. The number of anilines is 1. The van der Waals surface area contributed by atoms with Crippen LogP contribution in [-0.2, 0) is 0 Å². The second-order valence-corrected chi connectivity index (χ2v) is 4.70. The van der Waals surface area contributed by atoms with Gasteiger partial charge in [0.15, 0.2) is 10.8 Å². The van der Waals surface area contributed by atoms with Gasteiger partial charge < -0.3 is 5.32 Å². The molecule has 1 aromatic carbocycles. The van der Waals surface area contributed by atoms with Gasteiger partial charge in [-0.15, -0.1) is 0 Å². The highest BCUT2D eigenvalue weighted by Crippen LogP contribution is 2.18. The van der Waals surface area contributed by atoms with Crippen LogP contribution < -0.4 is 5.32 Å². The fourth-order valence-electron chi connectivity index (χ4n) is 1.87. The summed E-state index contributed by atoms with van der Waals surface area (Å²) in [5.41, 5.74) is 2.47. The number of carbonyl (C=O) groups is 1. The quantitative estimate of drug-likeness (QED) is 0.789. The monoisotopic (exact) mass is 297 g/mol. The molecular weight excluding hydrogens is 288 g/mol. The maximum Gasteiger partial charge on any atom is 0.277 e.